The third-order valence-corrected chi connectivity index (χ3v) is 6.57. The van der Waals surface area contributed by atoms with Crippen molar-refractivity contribution in [2.24, 2.45) is 4.99 Å². The highest BCUT2D eigenvalue weighted by Crippen LogP contribution is 2.32. The van der Waals surface area contributed by atoms with E-state index in [1.54, 1.807) is 18.2 Å². The van der Waals surface area contributed by atoms with E-state index in [2.05, 4.69) is 4.99 Å². The fourth-order valence-electron chi connectivity index (χ4n) is 2.90. The molecule has 0 aliphatic carbocycles. The number of rotatable bonds is 4. The summed E-state index contributed by atoms with van der Waals surface area (Å²) in [4.78, 5) is 29.2. The SMILES string of the molecule is COC(=O)Cn1c(=NC(=O)c2ccc3c(c2)OCO3)sc2cc(S(C)(=O)=O)ccc21. The lowest BCUT2D eigenvalue weighted by Crippen LogP contribution is -2.22. The second kappa shape index (κ2) is 7.58. The number of carbonyl (C=O) groups excluding carboxylic acids is 2. The summed E-state index contributed by atoms with van der Waals surface area (Å²) in [6.07, 6.45) is 1.11. The number of sulfone groups is 1. The van der Waals surface area contributed by atoms with Crippen molar-refractivity contribution >= 4 is 43.3 Å². The van der Waals surface area contributed by atoms with Gasteiger partial charge in [0, 0.05) is 11.8 Å². The zero-order valence-corrected chi connectivity index (χ0v) is 17.6. The maximum absolute atomic E-state index is 12.7. The van der Waals surface area contributed by atoms with Crippen molar-refractivity contribution in [1.82, 2.24) is 4.57 Å². The number of thiazole rings is 1. The number of hydrogen-bond donors (Lipinski definition) is 0. The van der Waals surface area contributed by atoms with Gasteiger partial charge in [-0.2, -0.15) is 4.99 Å². The molecule has 0 fully saturated rings. The van der Waals surface area contributed by atoms with Crippen LogP contribution in [0.3, 0.4) is 0 Å². The van der Waals surface area contributed by atoms with Crippen molar-refractivity contribution in [3.05, 3.63) is 46.8 Å². The standard InChI is InChI=1S/C19H16N2O7S2/c1-26-17(22)9-21-13-5-4-12(30(2,24)25)8-16(13)29-19(21)20-18(23)11-3-6-14-15(7-11)28-10-27-14/h3-8H,9-10H2,1-2H3. The van der Waals surface area contributed by atoms with Gasteiger partial charge in [0.2, 0.25) is 6.79 Å². The van der Waals surface area contributed by atoms with Crippen LogP contribution in [0.15, 0.2) is 46.3 Å². The lowest BCUT2D eigenvalue weighted by atomic mass is 10.2. The number of nitrogens with zero attached hydrogens (tertiary/aromatic N) is 2. The minimum atomic E-state index is -3.42. The summed E-state index contributed by atoms with van der Waals surface area (Å²) in [5.41, 5.74) is 0.855. The normalized spacial score (nSPS) is 13.6. The molecule has 1 amide bonds. The van der Waals surface area contributed by atoms with E-state index in [-0.39, 0.29) is 28.6 Å². The average Bonchev–Trinajstić information content (AvgIpc) is 3.30. The minimum Gasteiger partial charge on any atom is -0.468 e. The molecule has 0 unspecified atom stereocenters. The summed E-state index contributed by atoms with van der Waals surface area (Å²) >= 11 is 1.10. The fourth-order valence-corrected chi connectivity index (χ4v) is 4.69. The van der Waals surface area contributed by atoms with Crippen molar-refractivity contribution in [1.29, 1.82) is 0 Å². The van der Waals surface area contributed by atoms with Crippen LogP contribution >= 0.6 is 11.3 Å². The third-order valence-electron chi connectivity index (χ3n) is 4.41. The summed E-state index contributed by atoms with van der Waals surface area (Å²) in [5, 5.41) is 0. The Labute approximate surface area is 175 Å². The van der Waals surface area contributed by atoms with E-state index >= 15 is 0 Å². The van der Waals surface area contributed by atoms with Gasteiger partial charge >= 0.3 is 5.97 Å². The summed E-state index contributed by atoms with van der Waals surface area (Å²) in [6.45, 7) is -0.0930. The molecular weight excluding hydrogens is 432 g/mol. The molecule has 0 saturated carbocycles. The topological polar surface area (TPSA) is 113 Å². The molecule has 0 bridgehead atoms. The molecule has 0 atom stereocenters. The van der Waals surface area contributed by atoms with Gasteiger partial charge in [-0.3, -0.25) is 9.59 Å². The van der Waals surface area contributed by atoms with Gasteiger partial charge in [-0.05, 0) is 36.4 Å². The van der Waals surface area contributed by atoms with Gasteiger partial charge in [0.15, 0.2) is 26.1 Å². The van der Waals surface area contributed by atoms with Gasteiger partial charge in [-0.15, -0.1) is 0 Å². The van der Waals surface area contributed by atoms with Crippen molar-refractivity contribution in [2.75, 3.05) is 20.2 Å². The molecule has 0 saturated heterocycles. The number of benzene rings is 2. The monoisotopic (exact) mass is 448 g/mol. The molecule has 2 aromatic carbocycles. The predicted molar refractivity (Wildman–Crippen MR) is 107 cm³/mol. The van der Waals surface area contributed by atoms with Crippen molar-refractivity contribution < 1.29 is 32.2 Å². The molecule has 2 heterocycles. The molecule has 1 aromatic heterocycles. The quantitative estimate of drug-likeness (QED) is 0.559. The fraction of sp³-hybridized carbons (Fsp3) is 0.211. The molecule has 0 spiro atoms. The highest BCUT2D eigenvalue weighted by Gasteiger charge is 2.18. The van der Waals surface area contributed by atoms with E-state index in [0.717, 1.165) is 17.6 Å². The lowest BCUT2D eigenvalue weighted by molar-refractivity contribution is -0.141. The Bertz CT molecular complexity index is 1350. The second-order valence-corrected chi connectivity index (χ2v) is 9.46. The average molecular weight is 448 g/mol. The van der Waals surface area contributed by atoms with Gasteiger partial charge in [-0.25, -0.2) is 8.42 Å². The van der Waals surface area contributed by atoms with Crippen LogP contribution in [0.5, 0.6) is 11.5 Å². The van der Waals surface area contributed by atoms with Crippen molar-refractivity contribution in [3.63, 3.8) is 0 Å². The molecule has 1 aliphatic heterocycles. The number of ether oxygens (including phenoxy) is 3. The Hall–Kier alpha value is -3.18. The smallest absolute Gasteiger partial charge is 0.325 e. The van der Waals surface area contributed by atoms with Gasteiger partial charge in [0.05, 0.1) is 22.2 Å². The Morgan fingerprint density at radius 3 is 2.67 bits per heavy atom. The lowest BCUT2D eigenvalue weighted by Gasteiger charge is -2.04. The minimum absolute atomic E-state index is 0.0855. The molecule has 156 valence electrons. The molecule has 11 heteroatoms. The third kappa shape index (κ3) is 3.81. The van der Waals surface area contributed by atoms with Crippen LogP contribution in [0.1, 0.15) is 10.4 Å². The number of carbonyl (C=O) groups is 2. The van der Waals surface area contributed by atoms with Gasteiger partial charge < -0.3 is 18.8 Å². The van der Waals surface area contributed by atoms with Gasteiger partial charge in [-0.1, -0.05) is 11.3 Å². The van der Waals surface area contributed by atoms with Crippen LogP contribution in [-0.4, -0.2) is 45.0 Å². The van der Waals surface area contributed by atoms with E-state index in [1.807, 2.05) is 0 Å². The van der Waals surface area contributed by atoms with Crippen LogP contribution in [0, 0.1) is 0 Å². The van der Waals surface area contributed by atoms with E-state index in [9.17, 15) is 18.0 Å². The van der Waals surface area contributed by atoms with E-state index < -0.39 is 21.7 Å². The Kier molecular flexibility index (Phi) is 5.08. The number of hydrogen-bond acceptors (Lipinski definition) is 8. The van der Waals surface area contributed by atoms with E-state index in [1.165, 1.54) is 29.9 Å². The molecule has 30 heavy (non-hydrogen) atoms. The van der Waals surface area contributed by atoms with Crippen LogP contribution in [0.25, 0.3) is 10.2 Å². The molecule has 0 radical (unpaired) electrons. The summed E-state index contributed by atoms with van der Waals surface area (Å²) in [6, 6.07) is 9.24. The maximum atomic E-state index is 12.7. The van der Waals surface area contributed by atoms with Crippen LogP contribution in [0.2, 0.25) is 0 Å². The zero-order chi connectivity index (χ0) is 21.5. The van der Waals surface area contributed by atoms with Crippen molar-refractivity contribution in [3.8, 4) is 11.5 Å². The molecule has 4 rings (SSSR count). The van der Waals surface area contributed by atoms with Gasteiger partial charge in [0.1, 0.15) is 6.54 Å². The largest absolute Gasteiger partial charge is 0.468 e. The number of methoxy groups -OCH3 is 1. The molecule has 9 nitrogen and oxygen atoms in total. The highest BCUT2D eigenvalue weighted by atomic mass is 32.2. The first-order valence-corrected chi connectivity index (χ1v) is 11.4. The Balaban J connectivity index is 1.84. The first kappa shape index (κ1) is 20.1. The van der Waals surface area contributed by atoms with Crippen LogP contribution in [-0.2, 0) is 25.9 Å². The first-order chi connectivity index (χ1) is 14.3. The molecule has 0 N–H and O–H groups in total. The number of fused-ring (bicyclic) bond motifs is 2. The molecule has 3 aromatic rings. The molecular formula is C19H16N2O7S2. The summed E-state index contributed by atoms with van der Waals surface area (Å²) < 4.78 is 41.1. The summed E-state index contributed by atoms with van der Waals surface area (Å²) in [5.74, 6) is -0.0734. The van der Waals surface area contributed by atoms with Crippen LogP contribution < -0.4 is 14.3 Å². The first-order valence-electron chi connectivity index (χ1n) is 8.65. The molecule has 1 aliphatic rings. The number of aromatic nitrogens is 1. The highest BCUT2D eigenvalue weighted by molar-refractivity contribution is 7.90. The van der Waals surface area contributed by atoms with E-state index in [0.29, 0.717) is 21.7 Å². The Morgan fingerprint density at radius 1 is 1.17 bits per heavy atom. The number of esters is 1. The van der Waals surface area contributed by atoms with Crippen molar-refractivity contribution in [2.45, 2.75) is 11.4 Å². The van der Waals surface area contributed by atoms with Crippen LogP contribution in [0.4, 0.5) is 0 Å². The Morgan fingerprint density at radius 2 is 1.93 bits per heavy atom. The van der Waals surface area contributed by atoms with E-state index in [4.69, 9.17) is 14.2 Å². The van der Waals surface area contributed by atoms with Gasteiger partial charge in [0.25, 0.3) is 5.91 Å². The maximum Gasteiger partial charge on any atom is 0.325 e. The zero-order valence-electron chi connectivity index (χ0n) is 15.9. The second-order valence-electron chi connectivity index (χ2n) is 6.43. The predicted octanol–water partition coefficient (Wildman–Crippen LogP) is 1.75. The number of amides is 1. The summed E-state index contributed by atoms with van der Waals surface area (Å²) in [7, 11) is -2.16.